The van der Waals surface area contributed by atoms with E-state index in [-0.39, 0.29) is 45.5 Å². The second kappa shape index (κ2) is 12.6. The number of nitrogens with zero attached hydrogens (tertiary/aromatic N) is 3. The van der Waals surface area contributed by atoms with Crippen LogP contribution in [0.1, 0.15) is 40.5 Å². The first kappa shape index (κ1) is 29.7. The van der Waals surface area contributed by atoms with Crippen LogP contribution in [0.5, 0.6) is 0 Å². The molecule has 43 heavy (non-hydrogen) atoms. The lowest BCUT2D eigenvalue weighted by Crippen LogP contribution is -2.29. The highest BCUT2D eigenvalue weighted by Crippen LogP contribution is 2.30. The van der Waals surface area contributed by atoms with Crippen molar-refractivity contribution >= 4 is 52.5 Å². The number of benzene rings is 2. The van der Waals surface area contributed by atoms with E-state index in [2.05, 4.69) is 26.0 Å². The normalized spacial score (nSPS) is 12.4. The van der Waals surface area contributed by atoms with Crippen molar-refractivity contribution < 1.29 is 19.1 Å². The van der Waals surface area contributed by atoms with Crippen molar-refractivity contribution in [3.05, 3.63) is 92.5 Å². The molecule has 0 atom stereocenters. The van der Waals surface area contributed by atoms with Crippen molar-refractivity contribution in [1.82, 2.24) is 20.1 Å². The van der Waals surface area contributed by atoms with E-state index < -0.39 is 17.6 Å². The van der Waals surface area contributed by atoms with Crippen molar-refractivity contribution in [2.45, 2.75) is 32.4 Å². The van der Waals surface area contributed by atoms with Crippen LogP contribution in [0.25, 0.3) is 22.4 Å². The van der Waals surface area contributed by atoms with Crippen LogP contribution in [0.3, 0.4) is 0 Å². The van der Waals surface area contributed by atoms with Crippen LogP contribution >= 0.6 is 23.2 Å². The summed E-state index contributed by atoms with van der Waals surface area (Å²) < 4.78 is 6.13. The lowest BCUT2D eigenvalue weighted by Gasteiger charge is -2.13. The van der Waals surface area contributed by atoms with E-state index in [9.17, 15) is 19.2 Å². The number of esters is 1. The van der Waals surface area contributed by atoms with Crippen LogP contribution in [-0.2, 0) is 11.3 Å². The number of aromatic nitrogens is 3. The number of ether oxygens (including phenoxy) is 1. The van der Waals surface area contributed by atoms with Crippen LogP contribution < -0.4 is 21.5 Å². The molecule has 2 aromatic heterocycles. The van der Waals surface area contributed by atoms with E-state index in [4.69, 9.17) is 27.9 Å². The van der Waals surface area contributed by atoms with Crippen LogP contribution in [0.2, 0.25) is 10.0 Å². The summed E-state index contributed by atoms with van der Waals surface area (Å²) in [5.41, 5.74) is 2.49. The number of urea groups is 1. The molecule has 0 saturated heterocycles. The van der Waals surface area contributed by atoms with Gasteiger partial charge in [-0.1, -0.05) is 41.4 Å². The number of carbonyl (C=O) groups is 3. The first-order valence-corrected chi connectivity index (χ1v) is 14.1. The van der Waals surface area contributed by atoms with Crippen molar-refractivity contribution in [3.8, 4) is 22.4 Å². The summed E-state index contributed by atoms with van der Waals surface area (Å²) in [6, 6.07) is 12.9. The Hall–Kier alpha value is -4.74. The highest BCUT2D eigenvalue weighted by Gasteiger charge is 2.25. The quantitative estimate of drug-likeness (QED) is 0.217. The number of amides is 3. The Morgan fingerprint density at radius 3 is 2.33 bits per heavy atom. The van der Waals surface area contributed by atoms with Gasteiger partial charge in [0.2, 0.25) is 0 Å². The highest BCUT2D eigenvalue weighted by atomic mass is 35.5. The summed E-state index contributed by atoms with van der Waals surface area (Å²) in [5.74, 6) is -0.843. The van der Waals surface area contributed by atoms with Gasteiger partial charge in [-0.25, -0.2) is 14.3 Å². The minimum absolute atomic E-state index is 0.0252. The zero-order chi connectivity index (χ0) is 30.7. The van der Waals surface area contributed by atoms with E-state index in [1.165, 1.54) is 36.3 Å². The molecule has 1 fully saturated rings. The second-order valence-corrected chi connectivity index (χ2v) is 10.6. The Morgan fingerprint density at radius 1 is 0.953 bits per heavy atom. The summed E-state index contributed by atoms with van der Waals surface area (Å²) in [5, 5.41) is 12.8. The third kappa shape index (κ3) is 6.85. The standard InChI is InChI=1S/C30H26Cl2N6O5/c1-3-38-28(40)25(35-30(42)36-26-22(31)14-33-15-23(26)32)13-24(37-38)17-6-4-5-16(9-17)18-10-19(27(39)34-21-7-8-21)12-20(11-18)29(41)43-2/h4-6,9-15,21H,3,7-8H2,1-2H3,(H,34,39)(H2,33,35,36,42). The number of rotatable bonds is 8. The van der Waals surface area contributed by atoms with E-state index >= 15 is 0 Å². The van der Waals surface area contributed by atoms with Gasteiger partial charge in [-0.2, -0.15) is 5.10 Å². The number of aryl methyl sites for hydroxylation is 1. The van der Waals surface area contributed by atoms with Gasteiger partial charge in [-0.15, -0.1) is 0 Å². The van der Waals surface area contributed by atoms with Crippen molar-refractivity contribution in [1.29, 1.82) is 0 Å². The predicted octanol–water partition coefficient (Wildman–Crippen LogP) is 5.62. The molecule has 13 heteroatoms. The van der Waals surface area contributed by atoms with Crippen LogP contribution in [-0.4, -0.2) is 45.8 Å². The molecule has 0 spiro atoms. The van der Waals surface area contributed by atoms with E-state index in [1.807, 2.05) is 12.1 Å². The number of methoxy groups -OCH3 is 1. The molecule has 11 nitrogen and oxygen atoms in total. The maximum Gasteiger partial charge on any atom is 0.337 e. The molecule has 1 aliphatic carbocycles. The average Bonchev–Trinajstić information content (AvgIpc) is 3.83. The summed E-state index contributed by atoms with van der Waals surface area (Å²) >= 11 is 12.2. The van der Waals surface area contributed by atoms with Gasteiger partial charge in [0.15, 0.2) is 0 Å². The maximum absolute atomic E-state index is 13.0. The van der Waals surface area contributed by atoms with Crippen LogP contribution in [0, 0.1) is 0 Å². The van der Waals surface area contributed by atoms with Gasteiger partial charge in [-0.05, 0) is 61.2 Å². The molecule has 3 N–H and O–H groups in total. The number of hydrogen-bond donors (Lipinski definition) is 3. The molecule has 5 rings (SSSR count). The molecule has 220 valence electrons. The van der Waals surface area contributed by atoms with Gasteiger partial charge in [-0.3, -0.25) is 14.6 Å². The predicted molar refractivity (Wildman–Crippen MR) is 164 cm³/mol. The van der Waals surface area contributed by atoms with Crippen LogP contribution in [0.4, 0.5) is 16.2 Å². The summed E-state index contributed by atoms with van der Waals surface area (Å²) in [6.45, 7) is 1.99. The monoisotopic (exact) mass is 620 g/mol. The largest absolute Gasteiger partial charge is 0.465 e. The van der Waals surface area contributed by atoms with Gasteiger partial charge in [0.1, 0.15) is 5.69 Å². The Morgan fingerprint density at radius 2 is 1.65 bits per heavy atom. The lowest BCUT2D eigenvalue weighted by atomic mass is 9.97. The number of nitrogens with one attached hydrogen (secondary N) is 3. The third-order valence-corrected chi connectivity index (χ3v) is 7.21. The maximum atomic E-state index is 13.0. The number of halogens is 2. The fourth-order valence-corrected chi connectivity index (χ4v) is 4.76. The number of carbonyl (C=O) groups excluding carboxylic acids is 3. The Labute approximate surface area is 256 Å². The SMILES string of the molecule is CCn1nc(-c2cccc(-c3cc(C(=O)NC4CC4)cc(C(=O)OC)c3)c2)cc(NC(=O)Nc2c(Cl)cncc2Cl)c1=O. The molecule has 2 aromatic carbocycles. The van der Waals surface area contributed by atoms with Gasteiger partial charge in [0, 0.05) is 36.1 Å². The van der Waals surface area contributed by atoms with Gasteiger partial charge in [0.25, 0.3) is 11.5 Å². The number of pyridine rings is 1. The molecule has 3 amide bonds. The molecule has 1 aliphatic rings. The molecule has 0 aliphatic heterocycles. The van der Waals surface area contributed by atoms with Gasteiger partial charge in [0.05, 0.1) is 34.1 Å². The van der Waals surface area contributed by atoms with Crippen LogP contribution in [0.15, 0.2) is 65.7 Å². The Balaban J connectivity index is 1.49. The number of hydrogen-bond acceptors (Lipinski definition) is 7. The Bertz CT molecular complexity index is 1780. The molecule has 0 unspecified atom stereocenters. The molecular weight excluding hydrogens is 595 g/mol. The van der Waals surface area contributed by atoms with Crippen molar-refractivity contribution in [3.63, 3.8) is 0 Å². The smallest absolute Gasteiger partial charge is 0.337 e. The highest BCUT2D eigenvalue weighted by molar-refractivity contribution is 6.39. The average molecular weight is 621 g/mol. The second-order valence-electron chi connectivity index (χ2n) is 9.74. The van der Waals surface area contributed by atoms with E-state index in [0.29, 0.717) is 27.9 Å². The summed E-state index contributed by atoms with van der Waals surface area (Å²) in [6.07, 6.45) is 4.50. The molecule has 0 bridgehead atoms. The van der Waals surface area contributed by atoms with Crippen molar-refractivity contribution in [2.24, 2.45) is 0 Å². The summed E-state index contributed by atoms with van der Waals surface area (Å²) in [4.78, 5) is 54.9. The fourth-order valence-electron chi connectivity index (χ4n) is 4.30. The van der Waals surface area contributed by atoms with E-state index in [0.717, 1.165) is 12.8 Å². The zero-order valence-electron chi connectivity index (χ0n) is 23.1. The molecule has 0 radical (unpaired) electrons. The van der Waals surface area contributed by atoms with Gasteiger partial charge < -0.3 is 20.7 Å². The topological polar surface area (TPSA) is 144 Å². The third-order valence-electron chi connectivity index (χ3n) is 6.63. The lowest BCUT2D eigenvalue weighted by molar-refractivity contribution is 0.0600. The first-order chi connectivity index (χ1) is 20.7. The number of anilines is 2. The molecule has 1 saturated carbocycles. The molecule has 4 aromatic rings. The van der Waals surface area contributed by atoms with Gasteiger partial charge >= 0.3 is 12.0 Å². The first-order valence-electron chi connectivity index (χ1n) is 13.3. The Kier molecular flexibility index (Phi) is 8.74. The minimum Gasteiger partial charge on any atom is -0.465 e. The fraction of sp³-hybridized carbons (Fsp3) is 0.200. The van der Waals surface area contributed by atoms with E-state index in [1.54, 1.807) is 31.2 Å². The van der Waals surface area contributed by atoms with Crippen molar-refractivity contribution in [2.75, 3.05) is 17.7 Å². The molecule has 2 heterocycles. The zero-order valence-corrected chi connectivity index (χ0v) is 24.6. The minimum atomic E-state index is -0.739. The molecular formula is C30H26Cl2N6O5. The summed E-state index contributed by atoms with van der Waals surface area (Å²) in [7, 11) is 1.28.